The Labute approximate surface area is 29.4 Å². The standard InChI is InChI=1S/C2H10B2/c3-1-2-4/h1-2H2,3-4H3/q-2. The molecule has 0 saturated heterocycles. The highest BCUT2D eigenvalue weighted by molar-refractivity contribution is 6.16. The highest BCUT2D eigenvalue weighted by Crippen LogP contribution is 1.70. The smallest absolute Gasteiger partial charge is 0.0516 e. The minimum atomic E-state index is 0.819. The Hall–Kier alpha value is 0.130. The predicted molar refractivity (Wildman–Crippen MR) is 29.5 cm³/mol. The van der Waals surface area contributed by atoms with Gasteiger partial charge in [0.25, 0.3) is 0 Å². The van der Waals surface area contributed by atoms with Gasteiger partial charge in [-0.1, -0.05) is 15.7 Å². The zero-order valence-corrected chi connectivity index (χ0v) is 1.41. The molecule has 0 nitrogen and oxygen atoms in total. The molecule has 0 aliphatic carbocycles. The van der Waals surface area contributed by atoms with Crippen molar-refractivity contribution in [2.24, 2.45) is 0 Å². The lowest BCUT2D eigenvalue weighted by atomic mass is 9.91. The summed E-state index contributed by atoms with van der Waals surface area (Å²) in [6.45, 7) is 0. The topological polar surface area (TPSA) is 0 Å². The van der Waals surface area contributed by atoms with Gasteiger partial charge in [-0.3, -0.25) is 0 Å². The fourth-order valence-corrected chi connectivity index (χ4v) is 0. The van der Waals surface area contributed by atoms with E-state index < -0.39 is 0 Å². The first-order chi connectivity index (χ1) is 1.91. The molecule has 0 amide bonds. The molecule has 0 bridgehead atoms. The first-order valence-electron chi connectivity index (χ1n) is 0.500. The maximum Gasteiger partial charge on any atom is -0.0516 e. The van der Waals surface area contributed by atoms with Crippen LogP contribution < -0.4 is 0 Å². The average molecular weight is 55.7 g/mol. The molecular weight excluding hydrogens is 45.6 g/mol. The van der Waals surface area contributed by atoms with E-state index >= 15 is 0 Å². The second-order valence-corrected chi connectivity index (χ2v) is 0. The Bertz CT molecular complexity index is 6.00. The van der Waals surface area contributed by atoms with Crippen LogP contribution >= 0.6 is 0 Å². The summed E-state index contributed by atoms with van der Waals surface area (Å²) in [5, 5.41) is 0. The lowest BCUT2D eigenvalue weighted by Crippen LogP contribution is -1.60. The second-order valence-electron chi connectivity index (χ2n) is 0. The zero-order valence-electron chi connectivity index (χ0n) is 1.41. The van der Waals surface area contributed by atoms with Crippen molar-refractivity contribution in [3.63, 3.8) is 0 Å². The molecule has 0 spiro atoms. The third-order valence-corrected chi connectivity index (χ3v) is 0. The van der Waals surface area contributed by atoms with E-state index in [1.165, 1.54) is 0 Å². The van der Waals surface area contributed by atoms with Crippen LogP contribution in [0.4, 0.5) is 0 Å². The van der Waals surface area contributed by atoms with E-state index in [1.807, 2.05) is 0 Å². The summed E-state index contributed by atoms with van der Waals surface area (Å²) in [5.74, 6) is 0. The van der Waals surface area contributed by atoms with Crippen LogP contribution in [0.3, 0.4) is 0 Å². The molecule has 0 fully saturated rings. The van der Waals surface area contributed by atoms with Crippen molar-refractivity contribution in [1.82, 2.24) is 0 Å². The summed E-state index contributed by atoms with van der Waals surface area (Å²) in [4.78, 5) is 0. The molecule has 0 radical (unpaired) electrons. The largest absolute Gasteiger partial charge is 0.219 e. The maximum atomic E-state index is 1.68. The molecule has 0 atom stereocenters. The van der Waals surface area contributed by atoms with Gasteiger partial charge in [-0.2, -0.15) is 0 Å². The van der Waals surface area contributed by atoms with Gasteiger partial charge < -0.3 is 0 Å². The molecular formula is C2H10B2-2. The van der Waals surface area contributed by atoms with Crippen molar-refractivity contribution in [1.29, 1.82) is 0 Å². The van der Waals surface area contributed by atoms with Crippen molar-refractivity contribution in [3.05, 3.63) is 0 Å². The van der Waals surface area contributed by atoms with E-state index in [9.17, 15) is 0 Å². The lowest BCUT2D eigenvalue weighted by Gasteiger charge is -1.79. The molecule has 4 heavy (non-hydrogen) atoms. The zero-order chi connectivity index (χ0) is 3.41. The first kappa shape index (κ1) is 4.13. The molecule has 0 unspecified atom stereocenters. The summed E-state index contributed by atoms with van der Waals surface area (Å²) in [6, 6.07) is 0. The molecule has 0 aromatic heterocycles. The predicted octanol–water partition coefficient (Wildman–Crippen LogP) is -1.45. The SMILES string of the molecule is [BH3-]CC[BH3-]. The van der Waals surface area contributed by atoms with E-state index in [0.29, 0.717) is 0 Å². The Kier molecular flexibility index (Phi) is 3.23. The summed E-state index contributed by atoms with van der Waals surface area (Å²) >= 11 is 0. The molecule has 0 aliphatic heterocycles. The molecule has 2 heteroatoms. The number of rotatable bonds is 1. The Morgan fingerprint density at radius 1 is 1.00 bits per heavy atom. The molecule has 0 heterocycles. The van der Waals surface area contributed by atoms with Gasteiger partial charge in [-0.05, 0) is 0 Å². The van der Waals surface area contributed by atoms with E-state index in [4.69, 9.17) is 0 Å². The monoisotopic (exact) mass is 56.1 g/mol. The van der Waals surface area contributed by atoms with Gasteiger partial charge in [0, 0.05) is 0 Å². The third kappa shape index (κ3) is 2.13. The molecule has 0 saturated carbocycles. The first-order valence-corrected chi connectivity index (χ1v) is 0.500. The van der Waals surface area contributed by atoms with Crippen molar-refractivity contribution in [2.45, 2.75) is 12.6 Å². The normalized spacial score (nSPS) is 7.50. The van der Waals surface area contributed by atoms with Crippen LogP contribution in [-0.2, 0) is 0 Å². The van der Waals surface area contributed by atoms with E-state index in [2.05, 4.69) is 0 Å². The Morgan fingerprint density at radius 2 is 1.25 bits per heavy atom. The molecule has 26 valence electrons. The summed E-state index contributed by atoms with van der Waals surface area (Å²) in [6.07, 6.45) is 3.36. The van der Waals surface area contributed by atoms with E-state index in [-0.39, 0.29) is 0 Å². The fraction of sp³-hybridized carbons (Fsp3) is 1.00. The minimum Gasteiger partial charge on any atom is -0.219 e. The summed E-state index contributed by atoms with van der Waals surface area (Å²) in [5.41, 5.74) is 0. The van der Waals surface area contributed by atoms with Crippen molar-refractivity contribution < 1.29 is 0 Å². The van der Waals surface area contributed by atoms with Gasteiger partial charge in [-0.15, -0.1) is 0 Å². The van der Waals surface area contributed by atoms with Crippen LogP contribution in [-0.4, -0.2) is 15.7 Å². The van der Waals surface area contributed by atoms with Crippen LogP contribution in [0.5, 0.6) is 0 Å². The highest BCUT2D eigenvalue weighted by Gasteiger charge is 1.45. The maximum absolute atomic E-state index is 1.68. The van der Waals surface area contributed by atoms with Crippen molar-refractivity contribution in [2.75, 3.05) is 0 Å². The van der Waals surface area contributed by atoms with Crippen LogP contribution in [0.15, 0.2) is 0 Å². The van der Waals surface area contributed by atoms with E-state index in [0.717, 1.165) is 15.7 Å². The Morgan fingerprint density at radius 3 is 1.25 bits per heavy atom. The van der Waals surface area contributed by atoms with Crippen molar-refractivity contribution >= 4 is 15.7 Å². The summed E-state index contributed by atoms with van der Waals surface area (Å²) < 4.78 is 0. The molecule has 0 aromatic rings. The number of hydrogen-bond acceptors (Lipinski definition) is 0. The molecule has 0 N–H and O–H groups in total. The van der Waals surface area contributed by atoms with Gasteiger partial charge in [-0.25, -0.2) is 12.6 Å². The van der Waals surface area contributed by atoms with Gasteiger partial charge in [0.15, 0.2) is 0 Å². The molecule has 0 aliphatic rings. The van der Waals surface area contributed by atoms with Gasteiger partial charge in [0.05, 0.1) is 0 Å². The fourth-order valence-electron chi connectivity index (χ4n) is 0. The quantitative estimate of drug-likeness (QED) is 0.322. The van der Waals surface area contributed by atoms with Crippen LogP contribution in [0.2, 0.25) is 12.6 Å². The third-order valence-electron chi connectivity index (χ3n) is 0. The summed E-state index contributed by atoms with van der Waals surface area (Å²) in [7, 11) is 1.64. The average Bonchev–Trinajstić information content (AvgIpc) is 1.37. The van der Waals surface area contributed by atoms with Crippen LogP contribution in [0.1, 0.15) is 0 Å². The molecule has 0 aromatic carbocycles. The Balaban J connectivity index is 1.97. The van der Waals surface area contributed by atoms with Crippen molar-refractivity contribution in [3.8, 4) is 0 Å². The van der Waals surface area contributed by atoms with Gasteiger partial charge in [0.1, 0.15) is 0 Å². The molecule has 0 rings (SSSR count). The minimum absolute atomic E-state index is 0.819. The highest BCUT2D eigenvalue weighted by atomic mass is 13.4. The van der Waals surface area contributed by atoms with Gasteiger partial charge in [0.2, 0.25) is 0 Å². The second kappa shape index (κ2) is 3.13. The number of hydrogen-bond donors (Lipinski definition) is 0. The van der Waals surface area contributed by atoms with Crippen LogP contribution in [0.25, 0.3) is 0 Å². The van der Waals surface area contributed by atoms with Crippen LogP contribution in [0, 0.1) is 0 Å². The lowest BCUT2D eigenvalue weighted by molar-refractivity contribution is 1.46. The van der Waals surface area contributed by atoms with E-state index in [1.54, 1.807) is 12.6 Å². The van der Waals surface area contributed by atoms with Gasteiger partial charge >= 0.3 is 0 Å².